The number of rotatable bonds is 5. The monoisotopic (exact) mass is 343 g/mol. The van der Waals surface area contributed by atoms with Crippen molar-refractivity contribution in [3.63, 3.8) is 0 Å². The van der Waals surface area contributed by atoms with Crippen LogP contribution < -0.4 is 5.32 Å². The van der Waals surface area contributed by atoms with E-state index >= 15 is 0 Å². The van der Waals surface area contributed by atoms with Gasteiger partial charge in [-0.05, 0) is 23.4 Å². The van der Waals surface area contributed by atoms with Crippen LogP contribution in [0.3, 0.4) is 0 Å². The number of H-pyrrole nitrogens is 1. The molecule has 0 fully saturated rings. The lowest BCUT2D eigenvalue weighted by Crippen LogP contribution is -2.24. The van der Waals surface area contributed by atoms with Gasteiger partial charge in [0, 0.05) is 11.1 Å². The number of carbonyl (C=O) groups excluding carboxylic acids is 1. The topological polar surface area (TPSA) is 83.6 Å². The maximum absolute atomic E-state index is 13.0. The Morgan fingerprint density at radius 1 is 0.962 bits per heavy atom. The molecule has 0 aliphatic carbocycles. The Morgan fingerprint density at radius 2 is 1.73 bits per heavy atom. The SMILES string of the molecule is O=C(Nc1cccc2ccccc12)C(Cc1ccccc1)c1nn[nH]n1. The van der Waals surface area contributed by atoms with Crippen molar-refractivity contribution in [1.29, 1.82) is 0 Å². The molecule has 0 saturated heterocycles. The fraction of sp³-hybridized carbons (Fsp3) is 0.100. The van der Waals surface area contributed by atoms with Crippen molar-refractivity contribution in [1.82, 2.24) is 20.6 Å². The van der Waals surface area contributed by atoms with Gasteiger partial charge in [-0.1, -0.05) is 71.9 Å². The van der Waals surface area contributed by atoms with E-state index in [1.807, 2.05) is 72.8 Å². The number of aromatic nitrogens is 4. The number of aromatic amines is 1. The maximum atomic E-state index is 13.0. The molecule has 1 heterocycles. The fourth-order valence-corrected chi connectivity index (χ4v) is 3.02. The second kappa shape index (κ2) is 7.14. The zero-order valence-corrected chi connectivity index (χ0v) is 14.0. The summed E-state index contributed by atoms with van der Waals surface area (Å²) in [4.78, 5) is 13.0. The summed E-state index contributed by atoms with van der Waals surface area (Å²) < 4.78 is 0. The zero-order valence-electron chi connectivity index (χ0n) is 14.0. The maximum Gasteiger partial charge on any atom is 0.235 e. The largest absolute Gasteiger partial charge is 0.325 e. The Morgan fingerprint density at radius 3 is 2.54 bits per heavy atom. The van der Waals surface area contributed by atoms with E-state index in [0.29, 0.717) is 12.2 Å². The van der Waals surface area contributed by atoms with Gasteiger partial charge in [0.1, 0.15) is 5.92 Å². The van der Waals surface area contributed by atoms with Gasteiger partial charge in [0.2, 0.25) is 5.91 Å². The van der Waals surface area contributed by atoms with Gasteiger partial charge in [0.05, 0.1) is 0 Å². The lowest BCUT2D eigenvalue weighted by atomic mass is 9.97. The highest BCUT2D eigenvalue weighted by molar-refractivity contribution is 6.04. The molecule has 1 amide bonds. The highest BCUT2D eigenvalue weighted by Gasteiger charge is 2.25. The molecule has 4 aromatic rings. The van der Waals surface area contributed by atoms with Crippen LogP contribution in [0.25, 0.3) is 10.8 Å². The Kier molecular flexibility index (Phi) is 4.38. The first-order chi connectivity index (χ1) is 12.8. The number of tetrazole rings is 1. The van der Waals surface area contributed by atoms with E-state index in [9.17, 15) is 4.79 Å². The number of nitrogens with zero attached hydrogens (tertiary/aromatic N) is 3. The van der Waals surface area contributed by atoms with Crippen LogP contribution >= 0.6 is 0 Å². The third-order valence-electron chi connectivity index (χ3n) is 4.32. The van der Waals surface area contributed by atoms with Crippen LogP contribution in [0.5, 0.6) is 0 Å². The van der Waals surface area contributed by atoms with Gasteiger partial charge in [-0.2, -0.15) is 5.21 Å². The molecule has 3 aromatic carbocycles. The van der Waals surface area contributed by atoms with E-state index in [-0.39, 0.29) is 5.91 Å². The molecule has 6 nitrogen and oxygen atoms in total. The molecule has 1 unspecified atom stereocenters. The van der Waals surface area contributed by atoms with Gasteiger partial charge in [-0.15, -0.1) is 10.2 Å². The smallest absolute Gasteiger partial charge is 0.235 e. The zero-order chi connectivity index (χ0) is 17.8. The molecule has 0 spiro atoms. The van der Waals surface area contributed by atoms with Crippen LogP contribution in [0.1, 0.15) is 17.3 Å². The Balaban J connectivity index is 1.64. The van der Waals surface area contributed by atoms with Crippen molar-refractivity contribution in [2.45, 2.75) is 12.3 Å². The Bertz CT molecular complexity index is 1010. The third kappa shape index (κ3) is 3.30. The van der Waals surface area contributed by atoms with Crippen LogP contribution in [0.4, 0.5) is 5.69 Å². The summed E-state index contributed by atoms with van der Waals surface area (Å²) in [6.45, 7) is 0. The first kappa shape index (κ1) is 16.0. The minimum Gasteiger partial charge on any atom is -0.325 e. The quantitative estimate of drug-likeness (QED) is 0.582. The number of anilines is 1. The molecular formula is C20H17N5O. The molecule has 128 valence electrons. The van der Waals surface area contributed by atoms with Gasteiger partial charge >= 0.3 is 0 Å². The normalized spacial score (nSPS) is 12.0. The Labute approximate surface area is 150 Å². The molecule has 1 atom stereocenters. The van der Waals surface area contributed by atoms with Crippen LogP contribution in [0.15, 0.2) is 72.8 Å². The summed E-state index contributed by atoms with van der Waals surface area (Å²) in [5, 5.41) is 19.2. The summed E-state index contributed by atoms with van der Waals surface area (Å²) >= 11 is 0. The van der Waals surface area contributed by atoms with E-state index in [2.05, 4.69) is 25.9 Å². The van der Waals surface area contributed by atoms with Crippen molar-refractivity contribution in [2.75, 3.05) is 5.32 Å². The number of nitrogens with one attached hydrogen (secondary N) is 2. The van der Waals surface area contributed by atoms with Crippen molar-refractivity contribution in [3.8, 4) is 0 Å². The van der Waals surface area contributed by atoms with Gasteiger partial charge in [0.15, 0.2) is 5.82 Å². The molecule has 26 heavy (non-hydrogen) atoms. The first-order valence-electron chi connectivity index (χ1n) is 8.37. The predicted molar refractivity (Wildman–Crippen MR) is 99.6 cm³/mol. The van der Waals surface area contributed by atoms with Crippen LogP contribution in [0.2, 0.25) is 0 Å². The number of benzene rings is 3. The number of hydrogen-bond acceptors (Lipinski definition) is 4. The number of carbonyl (C=O) groups is 1. The molecule has 0 aliphatic heterocycles. The average Bonchev–Trinajstić information content (AvgIpc) is 3.21. The van der Waals surface area contributed by atoms with E-state index in [0.717, 1.165) is 22.0 Å². The van der Waals surface area contributed by atoms with Crippen LogP contribution in [0, 0.1) is 0 Å². The summed E-state index contributed by atoms with van der Waals surface area (Å²) in [5.74, 6) is -0.312. The molecule has 6 heteroatoms. The van der Waals surface area contributed by atoms with E-state index in [1.54, 1.807) is 0 Å². The van der Waals surface area contributed by atoms with E-state index in [1.165, 1.54) is 0 Å². The summed E-state index contributed by atoms with van der Waals surface area (Å²) in [6.07, 6.45) is 0.497. The molecule has 0 aliphatic rings. The molecule has 0 saturated carbocycles. The summed E-state index contributed by atoms with van der Waals surface area (Å²) in [5.41, 5.74) is 1.81. The van der Waals surface area contributed by atoms with Crippen molar-refractivity contribution < 1.29 is 4.79 Å². The fourth-order valence-electron chi connectivity index (χ4n) is 3.02. The summed E-state index contributed by atoms with van der Waals surface area (Å²) in [7, 11) is 0. The van der Waals surface area contributed by atoms with Gasteiger partial charge in [-0.25, -0.2) is 0 Å². The highest BCUT2D eigenvalue weighted by Crippen LogP contribution is 2.25. The van der Waals surface area contributed by atoms with E-state index < -0.39 is 5.92 Å². The lowest BCUT2D eigenvalue weighted by Gasteiger charge is -2.15. The average molecular weight is 343 g/mol. The van der Waals surface area contributed by atoms with Gasteiger partial charge < -0.3 is 5.32 Å². The molecule has 0 bridgehead atoms. The molecule has 0 radical (unpaired) electrons. The predicted octanol–water partition coefficient (Wildman–Crippen LogP) is 3.32. The minimum absolute atomic E-state index is 0.161. The molecule has 2 N–H and O–H groups in total. The molecule has 4 rings (SSSR count). The summed E-state index contributed by atoms with van der Waals surface area (Å²) in [6, 6.07) is 23.6. The lowest BCUT2D eigenvalue weighted by molar-refractivity contribution is -0.117. The highest BCUT2D eigenvalue weighted by atomic mass is 16.1. The number of hydrogen-bond donors (Lipinski definition) is 2. The third-order valence-corrected chi connectivity index (χ3v) is 4.32. The van der Waals surface area contributed by atoms with Gasteiger partial charge in [0.25, 0.3) is 0 Å². The minimum atomic E-state index is -0.532. The van der Waals surface area contributed by atoms with Crippen LogP contribution in [-0.2, 0) is 11.2 Å². The number of fused-ring (bicyclic) bond motifs is 1. The van der Waals surface area contributed by atoms with Gasteiger partial charge in [-0.3, -0.25) is 4.79 Å². The van der Waals surface area contributed by atoms with E-state index in [4.69, 9.17) is 0 Å². The first-order valence-corrected chi connectivity index (χ1v) is 8.37. The number of amides is 1. The molecule has 1 aromatic heterocycles. The molecular weight excluding hydrogens is 326 g/mol. The van der Waals surface area contributed by atoms with Crippen molar-refractivity contribution >= 4 is 22.4 Å². The van der Waals surface area contributed by atoms with Crippen molar-refractivity contribution in [2.24, 2.45) is 0 Å². The second-order valence-corrected chi connectivity index (χ2v) is 6.03. The standard InChI is InChI=1S/C20H17N5O/c26-20(21-18-12-6-10-15-9-4-5-11-16(15)18)17(19-22-24-25-23-19)13-14-7-2-1-3-8-14/h1-12,17H,13H2,(H,21,26)(H,22,23,24,25). The Hall–Kier alpha value is -3.54. The van der Waals surface area contributed by atoms with Crippen molar-refractivity contribution in [3.05, 3.63) is 84.2 Å². The van der Waals surface area contributed by atoms with Crippen LogP contribution in [-0.4, -0.2) is 26.5 Å². The second-order valence-electron chi connectivity index (χ2n) is 6.03.